The molecule has 0 radical (unpaired) electrons. The highest BCUT2D eigenvalue weighted by molar-refractivity contribution is 7.09. The van der Waals surface area contributed by atoms with Gasteiger partial charge in [0.25, 0.3) is 0 Å². The Morgan fingerprint density at radius 3 is 2.75 bits per heavy atom. The van der Waals surface area contributed by atoms with Gasteiger partial charge in [0.05, 0.1) is 17.8 Å². The Hall–Kier alpha value is -1.18. The van der Waals surface area contributed by atoms with Crippen LogP contribution >= 0.6 is 11.3 Å². The van der Waals surface area contributed by atoms with Gasteiger partial charge in [-0.15, -0.1) is 11.3 Å². The average Bonchev–Trinajstić information content (AvgIpc) is 3.07. The van der Waals surface area contributed by atoms with Crippen molar-refractivity contribution in [2.24, 2.45) is 4.99 Å². The summed E-state index contributed by atoms with van der Waals surface area (Å²) >= 11 is 1.67. The molecule has 2 heterocycles. The van der Waals surface area contributed by atoms with E-state index in [0.29, 0.717) is 12.5 Å². The maximum atomic E-state index is 5.76. The van der Waals surface area contributed by atoms with Crippen molar-refractivity contribution in [1.82, 2.24) is 15.6 Å². The van der Waals surface area contributed by atoms with Gasteiger partial charge in [-0.3, -0.25) is 0 Å². The number of nitrogens with zero attached hydrogens (tertiary/aromatic N) is 2. The van der Waals surface area contributed by atoms with Crippen LogP contribution in [0.2, 0.25) is 0 Å². The first kappa shape index (κ1) is 19.1. The van der Waals surface area contributed by atoms with Crippen molar-refractivity contribution >= 4 is 17.3 Å². The molecule has 1 aromatic rings. The van der Waals surface area contributed by atoms with Gasteiger partial charge in [0.2, 0.25) is 0 Å². The number of hydrogen-bond acceptors (Lipinski definition) is 5. The molecule has 7 heteroatoms. The van der Waals surface area contributed by atoms with Gasteiger partial charge in [0.1, 0.15) is 5.01 Å². The van der Waals surface area contributed by atoms with E-state index in [-0.39, 0.29) is 5.60 Å². The van der Waals surface area contributed by atoms with E-state index in [0.717, 1.165) is 55.8 Å². The van der Waals surface area contributed by atoms with E-state index in [9.17, 15) is 0 Å². The zero-order chi connectivity index (χ0) is 17.4. The second kappa shape index (κ2) is 9.34. The summed E-state index contributed by atoms with van der Waals surface area (Å²) in [5, 5.41) is 9.88. The number of rotatable bonds is 7. The molecule has 0 aliphatic carbocycles. The maximum Gasteiger partial charge on any atom is 0.191 e. The van der Waals surface area contributed by atoms with Crippen molar-refractivity contribution in [3.05, 3.63) is 16.1 Å². The van der Waals surface area contributed by atoms with Gasteiger partial charge in [0.15, 0.2) is 5.96 Å². The van der Waals surface area contributed by atoms with Crippen LogP contribution in [-0.2, 0) is 16.0 Å². The maximum absolute atomic E-state index is 5.76. The monoisotopic (exact) mass is 354 g/mol. The molecule has 2 N–H and O–H groups in total. The second-order valence-electron chi connectivity index (χ2n) is 6.37. The van der Waals surface area contributed by atoms with Gasteiger partial charge in [0, 0.05) is 51.6 Å². The highest BCUT2D eigenvalue weighted by atomic mass is 32.1. The first-order chi connectivity index (χ1) is 11.6. The molecule has 0 spiro atoms. The fraction of sp³-hybridized carbons (Fsp3) is 0.765. The lowest BCUT2D eigenvalue weighted by molar-refractivity contribution is -0.0855. The van der Waals surface area contributed by atoms with Gasteiger partial charge < -0.3 is 20.1 Å². The van der Waals surface area contributed by atoms with Crippen LogP contribution in [0.25, 0.3) is 0 Å². The number of thiazole rings is 1. The topological polar surface area (TPSA) is 67.8 Å². The lowest BCUT2D eigenvalue weighted by atomic mass is 9.94. The SMILES string of the molecule is CCNC(=NCc1nc(C(C)C)cs1)NCC1(OC)CCOCC1. The van der Waals surface area contributed by atoms with E-state index in [4.69, 9.17) is 9.47 Å². The second-order valence-corrected chi connectivity index (χ2v) is 7.31. The van der Waals surface area contributed by atoms with E-state index in [1.54, 1.807) is 18.4 Å². The minimum atomic E-state index is -0.166. The number of ether oxygens (including phenoxy) is 2. The molecule has 24 heavy (non-hydrogen) atoms. The molecule has 6 nitrogen and oxygen atoms in total. The Morgan fingerprint density at radius 2 is 2.17 bits per heavy atom. The number of methoxy groups -OCH3 is 1. The van der Waals surface area contributed by atoms with Gasteiger partial charge in [-0.2, -0.15) is 0 Å². The molecule has 1 aliphatic heterocycles. The summed E-state index contributed by atoms with van der Waals surface area (Å²) in [4.78, 5) is 9.30. The van der Waals surface area contributed by atoms with E-state index < -0.39 is 0 Å². The van der Waals surface area contributed by atoms with Gasteiger partial charge in [-0.05, 0) is 12.8 Å². The fourth-order valence-electron chi connectivity index (χ4n) is 2.59. The highest BCUT2D eigenvalue weighted by Gasteiger charge is 2.32. The summed E-state index contributed by atoms with van der Waals surface area (Å²) in [7, 11) is 1.78. The highest BCUT2D eigenvalue weighted by Crippen LogP contribution is 2.23. The third-order valence-corrected chi connectivity index (χ3v) is 5.14. The Kier molecular flexibility index (Phi) is 7.45. The van der Waals surface area contributed by atoms with Crippen molar-refractivity contribution < 1.29 is 9.47 Å². The third-order valence-electron chi connectivity index (χ3n) is 4.29. The van der Waals surface area contributed by atoms with E-state index in [1.807, 2.05) is 0 Å². The van der Waals surface area contributed by atoms with E-state index >= 15 is 0 Å². The molecule has 0 saturated carbocycles. The number of nitrogens with one attached hydrogen (secondary N) is 2. The molecular formula is C17H30N4O2S. The first-order valence-electron chi connectivity index (χ1n) is 8.68. The molecule has 2 rings (SSSR count). The number of hydrogen-bond donors (Lipinski definition) is 2. The molecule has 0 aromatic carbocycles. The van der Waals surface area contributed by atoms with Crippen LogP contribution in [0.4, 0.5) is 0 Å². The molecule has 0 bridgehead atoms. The standard InChI is InChI=1S/C17H30N4O2S/c1-5-18-16(19-10-15-21-14(11-24-15)13(2)3)20-12-17(22-4)6-8-23-9-7-17/h11,13H,5-10,12H2,1-4H3,(H2,18,19,20). The Bertz CT molecular complexity index is 524. The molecular weight excluding hydrogens is 324 g/mol. The average molecular weight is 355 g/mol. The van der Waals surface area contributed by atoms with Crippen molar-refractivity contribution in [3.8, 4) is 0 Å². The van der Waals surface area contributed by atoms with Gasteiger partial charge >= 0.3 is 0 Å². The summed E-state index contributed by atoms with van der Waals surface area (Å²) in [6.07, 6.45) is 1.81. The van der Waals surface area contributed by atoms with E-state index in [1.165, 1.54) is 0 Å². The quantitative estimate of drug-likeness (QED) is 0.582. The van der Waals surface area contributed by atoms with Crippen LogP contribution in [-0.4, -0.2) is 50.0 Å². The van der Waals surface area contributed by atoms with Gasteiger partial charge in [-0.25, -0.2) is 9.98 Å². The van der Waals surface area contributed by atoms with Crippen molar-refractivity contribution in [2.75, 3.05) is 33.4 Å². The van der Waals surface area contributed by atoms with Crippen LogP contribution in [0.3, 0.4) is 0 Å². The molecule has 1 saturated heterocycles. The Morgan fingerprint density at radius 1 is 1.42 bits per heavy atom. The molecule has 136 valence electrons. The largest absolute Gasteiger partial charge is 0.381 e. The summed E-state index contributed by atoms with van der Waals surface area (Å²) in [5.41, 5.74) is 0.976. The van der Waals surface area contributed by atoms with Crippen LogP contribution in [0.5, 0.6) is 0 Å². The molecule has 0 amide bonds. The molecule has 1 aromatic heterocycles. The zero-order valence-electron chi connectivity index (χ0n) is 15.2. The Labute approximate surface area is 149 Å². The lowest BCUT2D eigenvalue weighted by Gasteiger charge is -2.36. The molecule has 0 unspecified atom stereocenters. The molecule has 1 fully saturated rings. The van der Waals surface area contributed by atoms with Gasteiger partial charge in [-0.1, -0.05) is 13.8 Å². The summed E-state index contributed by atoms with van der Waals surface area (Å²) < 4.78 is 11.2. The summed E-state index contributed by atoms with van der Waals surface area (Å²) in [6.45, 7) is 10.0. The number of aliphatic imine (C=N–C) groups is 1. The third kappa shape index (κ3) is 5.43. The lowest BCUT2D eigenvalue weighted by Crippen LogP contribution is -2.50. The summed E-state index contributed by atoms with van der Waals surface area (Å²) in [6, 6.07) is 0. The smallest absolute Gasteiger partial charge is 0.191 e. The Balaban J connectivity index is 1.94. The van der Waals surface area contributed by atoms with Crippen molar-refractivity contribution in [3.63, 3.8) is 0 Å². The minimum Gasteiger partial charge on any atom is -0.381 e. The predicted octanol–water partition coefficient (Wildman–Crippen LogP) is 2.52. The summed E-state index contributed by atoms with van der Waals surface area (Å²) in [5.74, 6) is 1.27. The predicted molar refractivity (Wildman–Crippen MR) is 98.8 cm³/mol. The van der Waals surface area contributed by atoms with E-state index in [2.05, 4.69) is 46.8 Å². The first-order valence-corrected chi connectivity index (χ1v) is 9.56. The van der Waals surface area contributed by atoms with Crippen LogP contribution in [0, 0.1) is 0 Å². The molecule has 0 atom stereocenters. The van der Waals surface area contributed by atoms with Crippen LogP contribution < -0.4 is 10.6 Å². The molecule has 1 aliphatic rings. The minimum absolute atomic E-state index is 0.166. The van der Waals surface area contributed by atoms with Crippen LogP contribution in [0.1, 0.15) is 50.2 Å². The normalized spacial score (nSPS) is 18.0. The fourth-order valence-corrected chi connectivity index (χ4v) is 3.47. The number of aromatic nitrogens is 1. The number of guanidine groups is 1. The van der Waals surface area contributed by atoms with Crippen LogP contribution in [0.15, 0.2) is 10.4 Å². The van der Waals surface area contributed by atoms with Crippen molar-refractivity contribution in [1.29, 1.82) is 0 Å². The van der Waals surface area contributed by atoms with Crippen molar-refractivity contribution in [2.45, 2.75) is 51.7 Å². The zero-order valence-corrected chi connectivity index (χ0v) is 16.0.